The lowest BCUT2D eigenvalue weighted by Gasteiger charge is -2.44. The lowest BCUT2D eigenvalue weighted by atomic mass is 9.84. The summed E-state index contributed by atoms with van der Waals surface area (Å²) in [7, 11) is 2.02. The van der Waals surface area contributed by atoms with E-state index in [0.717, 1.165) is 17.7 Å². The maximum absolute atomic E-state index is 12.6. The highest BCUT2D eigenvalue weighted by Gasteiger charge is 2.33. The average Bonchev–Trinajstić information content (AvgIpc) is 2.54. The Morgan fingerprint density at radius 3 is 2.64 bits per heavy atom. The highest BCUT2D eigenvalue weighted by Crippen LogP contribution is 2.36. The Hall–Kier alpha value is -1.97. The molecule has 2 aromatic carbocycles. The minimum Gasteiger partial charge on any atom is -0.368 e. The van der Waals surface area contributed by atoms with Gasteiger partial charge in [-0.1, -0.05) is 47.5 Å². The summed E-state index contributed by atoms with van der Waals surface area (Å²) in [5.74, 6) is -0.224. The molecule has 0 fully saturated rings. The maximum Gasteiger partial charge on any atom is 0.250 e. The molecule has 3 rings (SSSR count). The van der Waals surface area contributed by atoms with Crippen molar-refractivity contribution >= 4 is 40.5 Å². The number of carbonyl (C=O) groups is 1. The predicted octanol–water partition coefficient (Wildman–Crippen LogP) is 5.24. The number of hydrogen-bond acceptors (Lipinski definition) is 2. The van der Waals surface area contributed by atoms with Crippen molar-refractivity contribution in [1.29, 1.82) is 0 Å². The number of carbonyl (C=O) groups excluding carboxylic acids is 1. The quantitative estimate of drug-likeness (QED) is 0.728. The number of anilines is 1. The van der Waals surface area contributed by atoms with Gasteiger partial charge >= 0.3 is 0 Å². The first-order chi connectivity index (χ1) is 11.8. The van der Waals surface area contributed by atoms with Gasteiger partial charge in [-0.05, 0) is 44.0 Å². The zero-order valence-electron chi connectivity index (χ0n) is 14.4. The van der Waals surface area contributed by atoms with E-state index in [1.165, 1.54) is 5.56 Å². The molecule has 0 saturated heterocycles. The van der Waals surface area contributed by atoms with Crippen LogP contribution in [0, 0.1) is 0 Å². The van der Waals surface area contributed by atoms with Crippen LogP contribution in [0.25, 0.3) is 5.70 Å². The van der Waals surface area contributed by atoms with E-state index in [1.807, 2.05) is 19.2 Å². The van der Waals surface area contributed by atoms with Crippen LogP contribution < -0.4 is 5.32 Å². The van der Waals surface area contributed by atoms with Gasteiger partial charge in [-0.15, -0.1) is 0 Å². The molecule has 3 nitrogen and oxygen atoms in total. The molecule has 1 amide bonds. The second-order valence-electron chi connectivity index (χ2n) is 6.85. The van der Waals surface area contributed by atoms with Gasteiger partial charge in [0.2, 0.25) is 0 Å². The van der Waals surface area contributed by atoms with Gasteiger partial charge in [0.15, 0.2) is 0 Å². The highest BCUT2D eigenvalue weighted by atomic mass is 35.5. The summed E-state index contributed by atoms with van der Waals surface area (Å²) in [6.07, 6.45) is 2.56. The minimum absolute atomic E-state index is 0.0710. The van der Waals surface area contributed by atoms with Crippen molar-refractivity contribution in [3.05, 3.63) is 69.7 Å². The zero-order valence-corrected chi connectivity index (χ0v) is 15.9. The van der Waals surface area contributed by atoms with E-state index in [9.17, 15) is 4.79 Å². The molecule has 0 spiro atoms. The van der Waals surface area contributed by atoms with Gasteiger partial charge < -0.3 is 10.2 Å². The van der Waals surface area contributed by atoms with Gasteiger partial charge in [0.05, 0.1) is 10.7 Å². The molecule has 1 heterocycles. The van der Waals surface area contributed by atoms with Crippen LogP contribution in [0.5, 0.6) is 0 Å². The predicted molar refractivity (Wildman–Crippen MR) is 105 cm³/mol. The Balaban J connectivity index is 1.94. The van der Waals surface area contributed by atoms with Gasteiger partial charge in [0, 0.05) is 34.9 Å². The van der Waals surface area contributed by atoms with Crippen LogP contribution in [0.15, 0.2) is 48.5 Å². The molecule has 0 aliphatic carbocycles. The number of benzene rings is 2. The summed E-state index contributed by atoms with van der Waals surface area (Å²) in [6.45, 7) is 4.34. The topological polar surface area (TPSA) is 32.3 Å². The van der Waals surface area contributed by atoms with Gasteiger partial charge in [-0.3, -0.25) is 4.79 Å². The molecule has 0 unspecified atom stereocenters. The molecule has 0 aromatic heterocycles. The third kappa shape index (κ3) is 3.68. The van der Waals surface area contributed by atoms with Crippen molar-refractivity contribution in [2.24, 2.45) is 0 Å². The van der Waals surface area contributed by atoms with Crippen LogP contribution in [0.3, 0.4) is 0 Å². The summed E-state index contributed by atoms with van der Waals surface area (Å²) in [6, 6.07) is 13.2. The molecule has 2 aromatic rings. The van der Waals surface area contributed by atoms with Crippen molar-refractivity contribution in [3.63, 3.8) is 0 Å². The minimum atomic E-state index is -0.224. The fourth-order valence-corrected chi connectivity index (χ4v) is 3.53. The van der Waals surface area contributed by atoms with E-state index in [4.69, 9.17) is 23.2 Å². The lowest BCUT2D eigenvalue weighted by molar-refractivity contribution is -0.111. The van der Waals surface area contributed by atoms with Crippen molar-refractivity contribution < 1.29 is 4.79 Å². The Bertz CT molecular complexity index is 859. The molecule has 1 aliphatic rings. The third-order valence-corrected chi connectivity index (χ3v) is 5.19. The molecule has 0 bridgehead atoms. The van der Waals surface area contributed by atoms with E-state index in [1.54, 1.807) is 24.3 Å². The number of rotatable bonds is 2. The first-order valence-corrected chi connectivity index (χ1v) is 8.83. The Labute approximate surface area is 158 Å². The van der Waals surface area contributed by atoms with Crippen molar-refractivity contribution in [2.75, 3.05) is 12.4 Å². The Morgan fingerprint density at radius 2 is 1.92 bits per heavy atom. The molecule has 0 radical (unpaired) electrons. The first-order valence-electron chi connectivity index (χ1n) is 8.08. The van der Waals surface area contributed by atoms with Crippen molar-refractivity contribution in [1.82, 2.24) is 4.90 Å². The van der Waals surface area contributed by atoms with Crippen LogP contribution >= 0.6 is 23.2 Å². The molecule has 1 aliphatic heterocycles. The largest absolute Gasteiger partial charge is 0.368 e. The second-order valence-corrected chi connectivity index (χ2v) is 7.69. The summed E-state index contributed by atoms with van der Waals surface area (Å²) in [5.41, 5.74) is 3.70. The molecule has 0 atom stereocenters. The summed E-state index contributed by atoms with van der Waals surface area (Å²) < 4.78 is 0. The van der Waals surface area contributed by atoms with Crippen LogP contribution in [-0.4, -0.2) is 23.4 Å². The number of amides is 1. The molecule has 5 heteroatoms. The Kier molecular flexibility index (Phi) is 4.81. The highest BCUT2D eigenvalue weighted by molar-refractivity contribution is 6.36. The molecule has 25 heavy (non-hydrogen) atoms. The molecule has 130 valence electrons. The number of fused-ring (bicyclic) bond motifs is 1. The first kappa shape index (κ1) is 17.8. The van der Waals surface area contributed by atoms with E-state index in [0.29, 0.717) is 15.7 Å². The second kappa shape index (κ2) is 6.74. The third-order valence-electron chi connectivity index (χ3n) is 4.64. The molecular weight excluding hydrogens is 355 g/mol. The number of halogens is 2. The smallest absolute Gasteiger partial charge is 0.250 e. The van der Waals surface area contributed by atoms with Gasteiger partial charge in [0.1, 0.15) is 0 Å². The normalized spacial score (nSPS) is 17.3. The van der Waals surface area contributed by atoms with E-state index in [2.05, 4.69) is 36.2 Å². The summed E-state index contributed by atoms with van der Waals surface area (Å²) >= 11 is 12.0. The van der Waals surface area contributed by atoms with Crippen LogP contribution in [0.2, 0.25) is 10.0 Å². The summed E-state index contributed by atoms with van der Waals surface area (Å²) in [5, 5.41) is 3.78. The fourth-order valence-electron chi connectivity index (χ4n) is 3.07. The number of nitrogens with one attached hydrogen (secondary N) is 1. The van der Waals surface area contributed by atoms with Gasteiger partial charge in [-0.25, -0.2) is 0 Å². The van der Waals surface area contributed by atoms with Crippen LogP contribution in [0.4, 0.5) is 5.69 Å². The van der Waals surface area contributed by atoms with E-state index >= 15 is 0 Å². The number of hydrogen-bond donors (Lipinski definition) is 1. The van der Waals surface area contributed by atoms with Gasteiger partial charge in [-0.2, -0.15) is 0 Å². The molecule has 0 saturated carbocycles. The monoisotopic (exact) mass is 374 g/mol. The number of nitrogens with zero attached hydrogens (tertiary/aromatic N) is 1. The molecule has 1 N–H and O–H groups in total. The van der Waals surface area contributed by atoms with Crippen LogP contribution in [0.1, 0.15) is 25.0 Å². The average molecular weight is 375 g/mol. The number of likely N-dealkylation sites (N-methyl/N-ethyl adjacent to an activating group) is 1. The zero-order chi connectivity index (χ0) is 18.2. The maximum atomic E-state index is 12.6. The SMILES string of the molecule is CN1/C(=C\C(=O)Nc2ccc(Cl)cc2Cl)c2ccccc2CC1(C)C. The molecular formula is C20H20Cl2N2O. The fraction of sp³-hybridized carbons (Fsp3) is 0.250. The van der Waals surface area contributed by atoms with Crippen molar-refractivity contribution in [3.8, 4) is 0 Å². The standard InChI is InChI=1S/C20H20Cl2N2O/c1-20(2)12-13-6-4-5-7-15(13)18(24(20)3)11-19(25)23-17-9-8-14(21)10-16(17)22/h4-11H,12H2,1-3H3,(H,23,25)/b18-11-. The lowest BCUT2D eigenvalue weighted by Crippen LogP contribution is -2.45. The van der Waals surface area contributed by atoms with Crippen molar-refractivity contribution in [2.45, 2.75) is 25.8 Å². The summed E-state index contributed by atoms with van der Waals surface area (Å²) in [4.78, 5) is 14.7. The Morgan fingerprint density at radius 1 is 1.20 bits per heavy atom. The van der Waals surface area contributed by atoms with E-state index in [-0.39, 0.29) is 11.4 Å². The van der Waals surface area contributed by atoms with Gasteiger partial charge in [0.25, 0.3) is 5.91 Å². The van der Waals surface area contributed by atoms with Crippen LogP contribution in [-0.2, 0) is 11.2 Å². The van der Waals surface area contributed by atoms with E-state index < -0.39 is 0 Å².